The quantitative estimate of drug-likeness (QED) is 0.801. The molecule has 2 rings (SSSR count). The summed E-state index contributed by atoms with van der Waals surface area (Å²) >= 11 is 0. The lowest BCUT2D eigenvalue weighted by molar-refractivity contribution is -0.0475. The summed E-state index contributed by atoms with van der Waals surface area (Å²) in [7, 11) is 0. The molecule has 0 amide bonds. The van der Waals surface area contributed by atoms with Crippen LogP contribution >= 0.6 is 0 Å². The molecule has 4 heteroatoms. The number of aryl methyl sites for hydroxylation is 1. The highest BCUT2D eigenvalue weighted by molar-refractivity contribution is 5.30. The van der Waals surface area contributed by atoms with Crippen LogP contribution in [0.4, 0.5) is 13.2 Å². The normalized spacial score (nSPS) is 11.4. The second-order valence-electron chi connectivity index (χ2n) is 4.29. The van der Waals surface area contributed by atoms with E-state index in [-0.39, 0.29) is 11.3 Å². The summed E-state index contributed by atoms with van der Waals surface area (Å²) in [6, 6.07) is 11.5. The molecule has 0 aliphatic rings. The average Bonchev–Trinajstić information content (AvgIpc) is 2.41. The number of benzene rings is 2. The fraction of sp³-hybridized carbons (Fsp3) is 0.200. The van der Waals surface area contributed by atoms with E-state index in [1.807, 2.05) is 0 Å². The van der Waals surface area contributed by atoms with E-state index in [0.29, 0.717) is 0 Å². The van der Waals surface area contributed by atoms with E-state index in [9.17, 15) is 13.2 Å². The van der Waals surface area contributed by atoms with E-state index in [4.69, 9.17) is 4.74 Å². The zero-order valence-corrected chi connectivity index (χ0v) is 10.4. The highest BCUT2D eigenvalue weighted by atomic mass is 19.3. The van der Waals surface area contributed by atoms with Crippen LogP contribution in [0.25, 0.3) is 0 Å². The molecule has 0 N–H and O–H groups in total. The number of halogens is 3. The fourth-order valence-electron chi connectivity index (χ4n) is 1.65. The van der Waals surface area contributed by atoms with Crippen LogP contribution in [0.3, 0.4) is 0 Å². The lowest BCUT2D eigenvalue weighted by Crippen LogP contribution is -2.23. The van der Waals surface area contributed by atoms with E-state index in [1.165, 1.54) is 36.4 Å². The Morgan fingerprint density at radius 1 is 1.05 bits per heavy atom. The van der Waals surface area contributed by atoms with Gasteiger partial charge in [0.05, 0.1) is 0 Å². The van der Waals surface area contributed by atoms with Crippen LogP contribution in [0.5, 0.6) is 5.75 Å². The van der Waals surface area contributed by atoms with Gasteiger partial charge in [0, 0.05) is 5.56 Å². The number of alkyl halides is 2. The Bertz CT molecular complexity index is 553. The van der Waals surface area contributed by atoms with Crippen molar-refractivity contribution in [1.29, 1.82) is 0 Å². The second kappa shape index (κ2) is 5.34. The smallest absolute Gasteiger partial charge is 0.306 e. The molecule has 1 nitrogen and oxygen atoms in total. The largest absolute Gasteiger partial charge is 0.484 e. The molecule has 0 spiro atoms. The Morgan fingerprint density at radius 3 is 2.42 bits per heavy atom. The van der Waals surface area contributed by atoms with Crippen molar-refractivity contribution in [3.05, 3.63) is 65.5 Å². The van der Waals surface area contributed by atoms with E-state index >= 15 is 0 Å². The van der Waals surface area contributed by atoms with Gasteiger partial charge in [-0.2, -0.15) is 8.78 Å². The predicted molar refractivity (Wildman–Crippen MR) is 67.0 cm³/mol. The first kappa shape index (κ1) is 13.5. The Labute approximate surface area is 109 Å². The van der Waals surface area contributed by atoms with Gasteiger partial charge in [0.15, 0.2) is 18.2 Å². The number of hydrogen-bond acceptors (Lipinski definition) is 1. The molecule has 2 aromatic carbocycles. The van der Waals surface area contributed by atoms with Gasteiger partial charge in [-0.05, 0) is 24.6 Å². The molecule has 0 radical (unpaired) electrons. The van der Waals surface area contributed by atoms with Crippen molar-refractivity contribution in [3.8, 4) is 5.75 Å². The maximum absolute atomic E-state index is 13.8. The Hall–Kier alpha value is -1.97. The van der Waals surface area contributed by atoms with E-state index in [1.54, 1.807) is 19.1 Å². The first-order chi connectivity index (χ1) is 8.99. The molecule has 0 saturated carbocycles. The lowest BCUT2D eigenvalue weighted by atomic mass is 10.1. The minimum atomic E-state index is -3.16. The van der Waals surface area contributed by atoms with Crippen LogP contribution in [0.1, 0.15) is 11.1 Å². The van der Waals surface area contributed by atoms with Crippen molar-refractivity contribution in [2.24, 2.45) is 0 Å². The molecule has 0 aromatic heterocycles. The number of ether oxygens (including phenoxy) is 1. The summed E-state index contributed by atoms with van der Waals surface area (Å²) in [5.74, 6) is -3.96. The van der Waals surface area contributed by atoms with Gasteiger partial charge in [0.25, 0.3) is 0 Å². The van der Waals surface area contributed by atoms with Crippen molar-refractivity contribution in [3.63, 3.8) is 0 Å². The highest BCUT2D eigenvalue weighted by Crippen LogP contribution is 2.29. The third-order valence-corrected chi connectivity index (χ3v) is 2.69. The van der Waals surface area contributed by atoms with Crippen LogP contribution in [-0.2, 0) is 5.92 Å². The van der Waals surface area contributed by atoms with Crippen molar-refractivity contribution >= 4 is 0 Å². The molecule has 19 heavy (non-hydrogen) atoms. The highest BCUT2D eigenvalue weighted by Gasteiger charge is 2.32. The third kappa shape index (κ3) is 3.28. The minimum Gasteiger partial charge on any atom is -0.484 e. The van der Waals surface area contributed by atoms with Gasteiger partial charge in [0.1, 0.15) is 0 Å². The zero-order valence-electron chi connectivity index (χ0n) is 10.4. The van der Waals surface area contributed by atoms with Crippen molar-refractivity contribution in [1.82, 2.24) is 0 Å². The molecule has 2 aromatic rings. The standard InChI is InChI=1S/C15H13F3O/c1-11-7-8-13(16)14(9-11)19-10-15(17,18)12-5-3-2-4-6-12/h2-9H,10H2,1H3. The summed E-state index contributed by atoms with van der Waals surface area (Å²) in [6.07, 6.45) is 0. The van der Waals surface area contributed by atoms with Crippen LogP contribution in [0.2, 0.25) is 0 Å². The Balaban J connectivity index is 2.12. The van der Waals surface area contributed by atoms with Crippen molar-refractivity contribution in [2.45, 2.75) is 12.8 Å². The van der Waals surface area contributed by atoms with Gasteiger partial charge in [-0.25, -0.2) is 4.39 Å². The van der Waals surface area contributed by atoms with Gasteiger partial charge in [-0.15, -0.1) is 0 Å². The van der Waals surface area contributed by atoms with E-state index in [0.717, 1.165) is 5.56 Å². The van der Waals surface area contributed by atoms with Crippen LogP contribution in [0, 0.1) is 12.7 Å². The first-order valence-electron chi connectivity index (χ1n) is 5.81. The molecule has 0 fully saturated rings. The van der Waals surface area contributed by atoms with Crippen LogP contribution < -0.4 is 4.74 Å². The van der Waals surface area contributed by atoms with Crippen LogP contribution in [-0.4, -0.2) is 6.61 Å². The Kier molecular flexibility index (Phi) is 3.79. The number of rotatable bonds is 4. The molecule has 0 atom stereocenters. The molecular formula is C15H13F3O. The maximum atomic E-state index is 13.8. The SMILES string of the molecule is Cc1ccc(F)c(OCC(F)(F)c2ccccc2)c1. The number of hydrogen-bond donors (Lipinski definition) is 0. The van der Waals surface area contributed by atoms with Gasteiger partial charge in [-0.1, -0.05) is 36.4 Å². The molecule has 100 valence electrons. The lowest BCUT2D eigenvalue weighted by Gasteiger charge is -2.17. The van der Waals surface area contributed by atoms with Gasteiger partial charge < -0.3 is 4.74 Å². The monoisotopic (exact) mass is 266 g/mol. The molecule has 0 aliphatic carbocycles. The molecule has 0 heterocycles. The molecule has 0 unspecified atom stereocenters. The zero-order chi connectivity index (χ0) is 13.9. The predicted octanol–water partition coefficient (Wildman–Crippen LogP) is 4.30. The fourth-order valence-corrected chi connectivity index (χ4v) is 1.65. The molecule has 0 bridgehead atoms. The summed E-state index contributed by atoms with van der Waals surface area (Å²) < 4.78 is 45.9. The second-order valence-corrected chi connectivity index (χ2v) is 4.29. The van der Waals surface area contributed by atoms with Crippen LogP contribution in [0.15, 0.2) is 48.5 Å². The minimum absolute atomic E-state index is 0.150. The van der Waals surface area contributed by atoms with Gasteiger partial charge >= 0.3 is 5.92 Å². The summed E-state index contributed by atoms with van der Waals surface area (Å²) in [4.78, 5) is 0. The summed E-state index contributed by atoms with van der Waals surface area (Å²) in [6.45, 7) is 0.846. The maximum Gasteiger partial charge on any atom is 0.306 e. The summed E-state index contributed by atoms with van der Waals surface area (Å²) in [5, 5.41) is 0. The molecule has 0 saturated heterocycles. The topological polar surface area (TPSA) is 9.23 Å². The average molecular weight is 266 g/mol. The Morgan fingerprint density at radius 2 is 1.74 bits per heavy atom. The first-order valence-corrected chi connectivity index (χ1v) is 5.81. The van der Waals surface area contributed by atoms with E-state index < -0.39 is 18.3 Å². The van der Waals surface area contributed by atoms with Gasteiger partial charge in [-0.3, -0.25) is 0 Å². The van der Waals surface area contributed by atoms with Gasteiger partial charge in [0.2, 0.25) is 0 Å². The van der Waals surface area contributed by atoms with E-state index in [2.05, 4.69) is 0 Å². The molecule has 0 aliphatic heterocycles. The van der Waals surface area contributed by atoms with Crippen molar-refractivity contribution in [2.75, 3.05) is 6.61 Å². The summed E-state index contributed by atoms with van der Waals surface area (Å²) in [5.41, 5.74) is 0.600. The third-order valence-electron chi connectivity index (χ3n) is 2.69. The van der Waals surface area contributed by atoms with Crippen molar-refractivity contribution < 1.29 is 17.9 Å². The molecular weight excluding hydrogens is 253 g/mol.